The van der Waals surface area contributed by atoms with Gasteiger partial charge in [0.25, 0.3) is 0 Å². The van der Waals surface area contributed by atoms with Gasteiger partial charge in [-0.25, -0.2) is 4.39 Å². The number of aromatic nitrogens is 1. The highest BCUT2D eigenvalue weighted by Gasteiger charge is 2.04. The fourth-order valence-corrected chi connectivity index (χ4v) is 1.26. The lowest BCUT2D eigenvalue weighted by Gasteiger charge is -2.04. The lowest BCUT2D eigenvalue weighted by molar-refractivity contribution is 0.637. The van der Waals surface area contributed by atoms with Crippen molar-refractivity contribution in [3.05, 3.63) is 36.3 Å². The number of nitrogen functional groups attached to an aromatic ring is 1. The topological polar surface area (TPSA) is 50.9 Å². The summed E-state index contributed by atoms with van der Waals surface area (Å²) in [6, 6.07) is 6.42. The molecular weight excluding hydrogens is 205 g/mol. The quantitative estimate of drug-likeness (QED) is 0.563. The average Bonchev–Trinajstić information content (AvgIpc) is 2.19. The number of fused-ring (bicyclic) bond motifs is 1. The van der Waals surface area contributed by atoms with E-state index >= 15 is 0 Å². The maximum absolute atomic E-state index is 13.2. The number of pyridine rings is 1. The first-order valence-electron chi connectivity index (χ1n) is 3.83. The number of nitrogens with two attached hydrogens (primary N) is 1. The van der Waals surface area contributed by atoms with Crippen LogP contribution in [0.4, 0.5) is 10.1 Å². The maximum atomic E-state index is 13.2. The summed E-state index contributed by atoms with van der Waals surface area (Å²) in [6.45, 7) is 0. The summed E-state index contributed by atoms with van der Waals surface area (Å²) >= 11 is 0. The number of hydrogen-bond acceptors (Lipinski definition) is 3. The van der Waals surface area contributed by atoms with Crippen LogP contribution in [0.5, 0.6) is 0 Å². The molecule has 0 unspecified atom stereocenters. The van der Waals surface area contributed by atoms with Crippen LogP contribution in [0.1, 0.15) is 0 Å². The number of hydrazine groups is 1. The van der Waals surface area contributed by atoms with Crippen LogP contribution in [0, 0.1) is 5.82 Å². The van der Waals surface area contributed by atoms with E-state index in [9.17, 15) is 4.39 Å². The van der Waals surface area contributed by atoms with Crippen LogP contribution >= 0.6 is 12.4 Å². The minimum atomic E-state index is -0.338. The molecule has 0 amide bonds. The summed E-state index contributed by atoms with van der Waals surface area (Å²) in [6.07, 6.45) is 1.55. The van der Waals surface area contributed by atoms with Crippen LogP contribution in [-0.4, -0.2) is 4.98 Å². The molecule has 14 heavy (non-hydrogen) atoms. The summed E-state index contributed by atoms with van der Waals surface area (Å²) in [5, 5.41) is 0.685. The van der Waals surface area contributed by atoms with E-state index in [1.807, 2.05) is 0 Å². The van der Waals surface area contributed by atoms with Gasteiger partial charge in [0.05, 0.1) is 5.69 Å². The number of halogens is 2. The maximum Gasteiger partial charge on any atom is 0.149 e. The highest BCUT2D eigenvalue weighted by Crippen LogP contribution is 2.22. The van der Waals surface area contributed by atoms with Gasteiger partial charge >= 0.3 is 0 Å². The van der Waals surface area contributed by atoms with Crippen molar-refractivity contribution in [2.24, 2.45) is 5.84 Å². The van der Waals surface area contributed by atoms with Crippen LogP contribution < -0.4 is 11.3 Å². The molecule has 0 bridgehead atoms. The van der Waals surface area contributed by atoms with Crippen LogP contribution in [0.15, 0.2) is 30.5 Å². The third-order valence-electron chi connectivity index (χ3n) is 1.88. The molecular formula is C9H9ClFN3. The van der Waals surface area contributed by atoms with E-state index in [2.05, 4.69) is 10.4 Å². The average molecular weight is 214 g/mol. The Morgan fingerprint density at radius 3 is 2.79 bits per heavy atom. The molecule has 3 nitrogen and oxygen atoms in total. The zero-order chi connectivity index (χ0) is 9.26. The van der Waals surface area contributed by atoms with Crippen molar-refractivity contribution in [3.63, 3.8) is 0 Å². The fourth-order valence-electron chi connectivity index (χ4n) is 1.26. The largest absolute Gasteiger partial charge is 0.323 e. The van der Waals surface area contributed by atoms with E-state index in [0.717, 1.165) is 0 Å². The molecule has 0 radical (unpaired) electrons. The second-order valence-corrected chi connectivity index (χ2v) is 2.64. The van der Waals surface area contributed by atoms with Crippen molar-refractivity contribution < 1.29 is 4.39 Å². The molecule has 0 saturated carbocycles. The second kappa shape index (κ2) is 4.21. The van der Waals surface area contributed by atoms with Crippen molar-refractivity contribution >= 4 is 29.0 Å². The van der Waals surface area contributed by atoms with E-state index in [-0.39, 0.29) is 18.2 Å². The molecule has 2 aromatic rings. The Kier molecular flexibility index (Phi) is 3.22. The summed E-state index contributed by atoms with van der Waals surface area (Å²) in [5.41, 5.74) is 3.49. The first kappa shape index (κ1) is 10.7. The second-order valence-electron chi connectivity index (χ2n) is 2.64. The summed E-state index contributed by atoms with van der Waals surface area (Å²) in [4.78, 5) is 3.92. The Morgan fingerprint density at radius 2 is 2.07 bits per heavy atom. The van der Waals surface area contributed by atoms with E-state index in [1.165, 1.54) is 6.07 Å². The van der Waals surface area contributed by atoms with Gasteiger partial charge in [0.15, 0.2) is 0 Å². The van der Waals surface area contributed by atoms with Crippen LogP contribution in [0.2, 0.25) is 0 Å². The van der Waals surface area contributed by atoms with Crippen molar-refractivity contribution in [3.8, 4) is 0 Å². The SMILES string of the molecule is Cl.NNc1ccc(F)c2ncccc12. The molecule has 0 aliphatic carbocycles. The minimum absolute atomic E-state index is 0. The third-order valence-corrected chi connectivity index (χ3v) is 1.88. The van der Waals surface area contributed by atoms with Gasteiger partial charge in [-0.05, 0) is 24.3 Å². The number of benzene rings is 1. The normalized spacial score (nSPS) is 9.57. The predicted molar refractivity (Wildman–Crippen MR) is 56.8 cm³/mol. The van der Waals surface area contributed by atoms with Crippen molar-refractivity contribution in [2.45, 2.75) is 0 Å². The first-order valence-corrected chi connectivity index (χ1v) is 3.83. The molecule has 1 aromatic carbocycles. The van der Waals surface area contributed by atoms with Crippen LogP contribution in [0.25, 0.3) is 10.9 Å². The summed E-state index contributed by atoms with van der Waals surface area (Å²) < 4.78 is 13.2. The van der Waals surface area contributed by atoms with Gasteiger partial charge in [0, 0.05) is 11.6 Å². The van der Waals surface area contributed by atoms with E-state index in [0.29, 0.717) is 16.6 Å². The van der Waals surface area contributed by atoms with Gasteiger partial charge in [-0.1, -0.05) is 0 Å². The molecule has 0 fully saturated rings. The highest BCUT2D eigenvalue weighted by atomic mass is 35.5. The summed E-state index contributed by atoms with van der Waals surface area (Å²) in [7, 11) is 0. The van der Waals surface area contributed by atoms with Crippen molar-refractivity contribution in [2.75, 3.05) is 5.43 Å². The minimum Gasteiger partial charge on any atom is -0.323 e. The lowest BCUT2D eigenvalue weighted by atomic mass is 10.2. The van der Waals surface area contributed by atoms with Gasteiger partial charge < -0.3 is 5.43 Å². The Morgan fingerprint density at radius 1 is 1.29 bits per heavy atom. The van der Waals surface area contributed by atoms with Gasteiger partial charge in [-0.15, -0.1) is 12.4 Å². The Hall–Kier alpha value is -1.39. The predicted octanol–water partition coefficient (Wildman–Crippen LogP) is 2.08. The van der Waals surface area contributed by atoms with Crippen molar-refractivity contribution in [1.82, 2.24) is 4.98 Å². The zero-order valence-corrected chi connectivity index (χ0v) is 8.01. The molecule has 0 aliphatic rings. The smallest absolute Gasteiger partial charge is 0.149 e. The Bertz CT molecular complexity index is 447. The highest BCUT2D eigenvalue weighted by molar-refractivity contribution is 5.91. The van der Waals surface area contributed by atoms with Gasteiger partial charge in [-0.3, -0.25) is 10.8 Å². The molecule has 0 spiro atoms. The molecule has 0 saturated heterocycles. The molecule has 5 heteroatoms. The third kappa shape index (κ3) is 1.62. The Balaban J connectivity index is 0.000000980. The lowest BCUT2D eigenvalue weighted by Crippen LogP contribution is -2.07. The van der Waals surface area contributed by atoms with E-state index < -0.39 is 0 Å². The molecule has 3 N–H and O–H groups in total. The zero-order valence-electron chi connectivity index (χ0n) is 7.20. The van der Waals surface area contributed by atoms with Gasteiger partial charge in [0.2, 0.25) is 0 Å². The van der Waals surface area contributed by atoms with Gasteiger partial charge in [-0.2, -0.15) is 0 Å². The molecule has 1 aromatic heterocycles. The van der Waals surface area contributed by atoms with Crippen molar-refractivity contribution in [1.29, 1.82) is 0 Å². The molecule has 0 aliphatic heterocycles. The monoisotopic (exact) mass is 213 g/mol. The summed E-state index contributed by atoms with van der Waals surface area (Å²) in [5.74, 6) is 4.93. The van der Waals surface area contributed by atoms with E-state index in [1.54, 1.807) is 24.4 Å². The molecule has 1 heterocycles. The molecule has 74 valence electrons. The number of rotatable bonds is 1. The standard InChI is InChI=1S/C9H8FN3.ClH/c10-7-3-4-8(13-11)6-2-1-5-12-9(6)7;/h1-5,13H,11H2;1H. The number of hydrogen-bond donors (Lipinski definition) is 2. The van der Waals surface area contributed by atoms with Crippen LogP contribution in [0.3, 0.4) is 0 Å². The Labute approximate surface area is 86.5 Å². The van der Waals surface area contributed by atoms with E-state index in [4.69, 9.17) is 5.84 Å². The van der Waals surface area contributed by atoms with Crippen LogP contribution in [-0.2, 0) is 0 Å². The fraction of sp³-hybridized carbons (Fsp3) is 0. The van der Waals surface area contributed by atoms with Gasteiger partial charge in [0.1, 0.15) is 11.3 Å². The first-order chi connectivity index (χ1) is 6.33. The molecule has 2 rings (SSSR count). The number of nitrogens with zero attached hydrogens (tertiary/aromatic N) is 1. The molecule has 0 atom stereocenters. The number of anilines is 1. The number of nitrogens with one attached hydrogen (secondary N) is 1.